The molecule has 106 valence electrons. The van der Waals surface area contributed by atoms with E-state index in [0.717, 1.165) is 0 Å². The number of anilines is 1. The SMILES string of the molecule is CCNS(=O)(=O)c1ccc(NC(=O)c2cccs2)cc1. The van der Waals surface area contributed by atoms with Crippen molar-refractivity contribution in [3.05, 3.63) is 46.7 Å². The third kappa shape index (κ3) is 3.44. The lowest BCUT2D eigenvalue weighted by Gasteiger charge is -2.07. The van der Waals surface area contributed by atoms with Gasteiger partial charge in [0, 0.05) is 12.2 Å². The zero-order valence-electron chi connectivity index (χ0n) is 10.8. The molecule has 0 fully saturated rings. The second-order valence-corrected chi connectivity index (χ2v) is 6.67. The van der Waals surface area contributed by atoms with Crippen LogP contribution in [0.25, 0.3) is 0 Å². The Kier molecular flexibility index (Phi) is 4.53. The third-order valence-corrected chi connectivity index (χ3v) is 4.93. The number of nitrogens with one attached hydrogen (secondary N) is 2. The summed E-state index contributed by atoms with van der Waals surface area (Å²) in [6.07, 6.45) is 0. The van der Waals surface area contributed by atoms with E-state index in [1.807, 2.05) is 5.38 Å². The van der Waals surface area contributed by atoms with Gasteiger partial charge < -0.3 is 5.32 Å². The Balaban J connectivity index is 2.11. The van der Waals surface area contributed by atoms with E-state index < -0.39 is 10.0 Å². The van der Waals surface area contributed by atoms with Gasteiger partial charge in [0.05, 0.1) is 9.77 Å². The van der Waals surface area contributed by atoms with Crippen LogP contribution >= 0.6 is 11.3 Å². The molecule has 2 rings (SSSR count). The first-order valence-corrected chi connectivity index (χ1v) is 8.34. The van der Waals surface area contributed by atoms with Crippen LogP contribution in [-0.4, -0.2) is 20.9 Å². The fourth-order valence-corrected chi connectivity index (χ4v) is 3.25. The third-order valence-electron chi connectivity index (χ3n) is 2.50. The molecule has 0 radical (unpaired) electrons. The monoisotopic (exact) mass is 310 g/mol. The van der Waals surface area contributed by atoms with Crippen molar-refractivity contribution in [2.45, 2.75) is 11.8 Å². The summed E-state index contributed by atoms with van der Waals surface area (Å²) in [7, 11) is -3.46. The van der Waals surface area contributed by atoms with E-state index in [1.165, 1.54) is 23.5 Å². The van der Waals surface area contributed by atoms with Gasteiger partial charge in [-0.3, -0.25) is 4.79 Å². The Morgan fingerprint density at radius 2 is 1.90 bits per heavy atom. The van der Waals surface area contributed by atoms with Gasteiger partial charge in [-0.05, 0) is 35.7 Å². The number of carbonyl (C=O) groups is 1. The molecule has 1 heterocycles. The Bertz CT molecular complexity index is 677. The minimum absolute atomic E-state index is 0.175. The molecule has 2 aromatic rings. The highest BCUT2D eigenvalue weighted by Gasteiger charge is 2.12. The maximum absolute atomic E-state index is 11.8. The molecule has 5 nitrogen and oxygen atoms in total. The maximum Gasteiger partial charge on any atom is 0.265 e. The second-order valence-electron chi connectivity index (χ2n) is 3.96. The Morgan fingerprint density at radius 3 is 2.45 bits per heavy atom. The van der Waals surface area contributed by atoms with Gasteiger partial charge in [0.2, 0.25) is 10.0 Å². The molecule has 0 unspecified atom stereocenters. The molecule has 7 heteroatoms. The van der Waals surface area contributed by atoms with Gasteiger partial charge in [-0.25, -0.2) is 13.1 Å². The number of hydrogen-bond donors (Lipinski definition) is 2. The van der Waals surface area contributed by atoms with Gasteiger partial charge in [0.15, 0.2) is 0 Å². The van der Waals surface area contributed by atoms with Crippen molar-refractivity contribution in [1.29, 1.82) is 0 Å². The van der Waals surface area contributed by atoms with E-state index in [-0.39, 0.29) is 10.8 Å². The summed E-state index contributed by atoms with van der Waals surface area (Å²) in [4.78, 5) is 12.6. The fourth-order valence-electron chi connectivity index (χ4n) is 1.59. The normalized spacial score (nSPS) is 11.2. The standard InChI is InChI=1S/C13H14N2O3S2/c1-2-14-20(17,18)11-7-5-10(6-8-11)15-13(16)12-4-3-9-19-12/h3-9,14H,2H2,1H3,(H,15,16). The number of sulfonamides is 1. The maximum atomic E-state index is 11.8. The van der Waals surface area contributed by atoms with Gasteiger partial charge >= 0.3 is 0 Å². The van der Waals surface area contributed by atoms with Crippen molar-refractivity contribution in [3.63, 3.8) is 0 Å². The van der Waals surface area contributed by atoms with E-state index >= 15 is 0 Å². The van der Waals surface area contributed by atoms with Crippen LogP contribution in [0, 0.1) is 0 Å². The fraction of sp³-hybridized carbons (Fsp3) is 0.154. The molecule has 0 spiro atoms. The minimum atomic E-state index is -3.46. The average molecular weight is 310 g/mol. The smallest absolute Gasteiger partial charge is 0.265 e. The number of benzene rings is 1. The highest BCUT2D eigenvalue weighted by molar-refractivity contribution is 7.89. The van der Waals surface area contributed by atoms with Crippen molar-refractivity contribution in [2.24, 2.45) is 0 Å². The first-order valence-electron chi connectivity index (χ1n) is 5.97. The number of rotatable bonds is 5. The summed E-state index contributed by atoms with van der Waals surface area (Å²) < 4.78 is 25.9. The quantitative estimate of drug-likeness (QED) is 0.890. The largest absolute Gasteiger partial charge is 0.321 e. The summed E-state index contributed by atoms with van der Waals surface area (Å²) in [5, 5.41) is 4.53. The summed E-state index contributed by atoms with van der Waals surface area (Å²) in [6, 6.07) is 9.57. The molecule has 1 aromatic heterocycles. The van der Waals surface area contributed by atoms with E-state index in [2.05, 4.69) is 10.0 Å². The predicted octanol–water partition coefficient (Wildman–Crippen LogP) is 2.30. The lowest BCUT2D eigenvalue weighted by atomic mass is 10.3. The van der Waals surface area contributed by atoms with Crippen molar-refractivity contribution in [2.75, 3.05) is 11.9 Å². The van der Waals surface area contributed by atoms with Crippen LogP contribution < -0.4 is 10.0 Å². The molecular formula is C13H14N2O3S2. The number of thiophene rings is 1. The van der Waals surface area contributed by atoms with Crippen molar-refractivity contribution in [1.82, 2.24) is 4.72 Å². The molecule has 0 aliphatic carbocycles. The van der Waals surface area contributed by atoms with Crippen molar-refractivity contribution in [3.8, 4) is 0 Å². The molecular weight excluding hydrogens is 296 g/mol. The zero-order chi connectivity index (χ0) is 14.6. The van der Waals surface area contributed by atoms with Crippen molar-refractivity contribution >= 4 is 33.0 Å². The van der Waals surface area contributed by atoms with Crippen LogP contribution in [0.1, 0.15) is 16.6 Å². The molecule has 1 amide bonds. The highest BCUT2D eigenvalue weighted by atomic mass is 32.2. The van der Waals surface area contributed by atoms with Crippen LogP contribution in [0.15, 0.2) is 46.7 Å². The highest BCUT2D eigenvalue weighted by Crippen LogP contribution is 2.16. The first-order chi connectivity index (χ1) is 9.53. The summed E-state index contributed by atoms with van der Waals surface area (Å²) >= 11 is 1.35. The molecule has 1 aromatic carbocycles. The lowest BCUT2D eigenvalue weighted by Crippen LogP contribution is -2.23. The number of hydrogen-bond acceptors (Lipinski definition) is 4. The van der Waals surface area contributed by atoms with Gasteiger partial charge in [-0.2, -0.15) is 0 Å². The topological polar surface area (TPSA) is 75.3 Å². The van der Waals surface area contributed by atoms with Crippen LogP contribution in [0.2, 0.25) is 0 Å². The van der Waals surface area contributed by atoms with Crippen LogP contribution in [0.5, 0.6) is 0 Å². The Morgan fingerprint density at radius 1 is 1.20 bits per heavy atom. The first kappa shape index (κ1) is 14.7. The molecule has 20 heavy (non-hydrogen) atoms. The average Bonchev–Trinajstić information content (AvgIpc) is 2.93. The van der Waals surface area contributed by atoms with Gasteiger partial charge in [0.25, 0.3) is 5.91 Å². The van der Waals surface area contributed by atoms with Gasteiger partial charge in [0.1, 0.15) is 0 Å². The van der Waals surface area contributed by atoms with Crippen molar-refractivity contribution < 1.29 is 13.2 Å². The molecule has 0 aliphatic heterocycles. The number of amides is 1. The lowest BCUT2D eigenvalue weighted by molar-refractivity contribution is 0.103. The molecule has 0 atom stereocenters. The minimum Gasteiger partial charge on any atom is -0.321 e. The number of carbonyl (C=O) groups excluding carboxylic acids is 1. The van der Waals surface area contributed by atoms with Gasteiger partial charge in [-0.1, -0.05) is 13.0 Å². The van der Waals surface area contributed by atoms with E-state index in [0.29, 0.717) is 17.1 Å². The summed E-state index contributed by atoms with van der Waals surface area (Å²) in [5.74, 6) is -0.206. The van der Waals surface area contributed by atoms with Crippen LogP contribution in [0.4, 0.5) is 5.69 Å². The Hall–Kier alpha value is -1.70. The molecule has 0 bridgehead atoms. The van der Waals surface area contributed by atoms with Gasteiger partial charge in [-0.15, -0.1) is 11.3 Å². The molecule has 0 aliphatic rings. The molecule has 0 saturated carbocycles. The second kappa shape index (κ2) is 6.17. The van der Waals surface area contributed by atoms with E-state index in [4.69, 9.17) is 0 Å². The van der Waals surface area contributed by atoms with Crippen LogP contribution in [0.3, 0.4) is 0 Å². The van der Waals surface area contributed by atoms with Crippen LogP contribution in [-0.2, 0) is 10.0 Å². The molecule has 2 N–H and O–H groups in total. The summed E-state index contributed by atoms with van der Waals surface area (Å²) in [6.45, 7) is 2.05. The van der Waals surface area contributed by atoms with E-state index in [1.54, 1.807) is 31.2 Å². The predicted molar refractivity (Wildman–Crippen MR) is 79.6 cm³/mol. The Labute approximate surface area is 121 Å². The summed E-state index contributed by atoms with van der Waals surface area (Å²) in [5.41, 5.74) is 0.554. The zero-order valence-corrected chi connectivity index (χ0v) is 12.4. The molecule has 0 saturated heterocycles. The van der Waals surface area contributed by atoms with E-state index in [9.17, 15) is 13.2 Å².